The number of nitrogens with one attached hydrogen (secondary N) is 2. The van der Waals surface area contributed by atoms with Gasteiger partial charge in [0, 0.05) is 62.4 Å². The minimum Gasteiger partial charge on any atom is -0.354 e. The van der Waals surface area contributed by atoms with E-state index in [0.29, 0.717) is 36.4 Å². The molecule has 15 heteroatoms. The van der Waals surface area contributed by atoms with E-state index in [0.717, 1.165) is 17.1 Å². The number of imide groups is 2. The fraction of sp³-hybridized carbons (Fsp3) is 0.560. The van der Waals surface area contributed by atoms with Gasteiger partial charge in [0.2, 0.25) is 11.6 Å². The van der Waals surface area contributed by atoms with Crippen LogP contribution >= 0.6 is 0 Å². The molecule has 3 rings (SSSR count). The first kappa shape index (κ1) is 30.2. The molecular weight excluding hydrogens is 531 g/mol. The van der Waals surface area contributed by atoms with Gasteiger partial charge in [0.1, 0.15) is 5.78 Å². The van der Waals surface area contributed by atoms with Gasteiger partial charge in [-0.1, -0.05) is 6.42 Å². The number of rotatable bonds is 17. The van der Waals surface area contributed by atoms with Crippen molar-refractivity contribution in [3.63, 3.8) is 0 Å². The highest BCUT2D eigenvalue weighted by Gasteiger charge is 2.35. The number of alkyl halides is 1. The van der Waals surface area contributed by atoms with Crippen molar-refractivity contribution >= 4 is 41.3 Å². The van der Waals surface area contributed by atoms with Crippen LogP contribution in [0.3, 0.4) is 0 Å². The summed E-state index contributed by atoms with van der Waals surface area (Å²) in [4.78, 5) is 91.9. The normalized spacial score (nSPS) is 15.7. The van der Waals surface area contributed by atoms with Crippen molar-refractivity contribution in [1.82, 2.24) is 25.2 Å². The van der Waals surface area contributed by atoms with E-state index in [1.54, 1.807) is 6.20 Å². The monoisotopic (exact) mass is 563 g/mol. The third-order valence-corrected chi connectivity index (χ3v) is 6.30. The van der Waals surface area contributed by atoms with Gasteiger partial charge < -0.3 is 10.2 Å². The van der Waals surface area contributed by atoms with Crippen LogP contribution < -0.4 is 10.4 Å². The predicted molar refractivity (Wildman–Crippen MR) is 131 cm³/mol. The van der Waals surface area contributed by atoms with Crippen LogP contribution in [0.25, 0.3) is 0 Å². The number of nitrogens with zero attached hydrogens (tertiary/aromatic N) is 4. The molecule has 1 aromatic heterocycles. The second-order valence-electron chi connectivity index (χ2n) is 9.40. The van der Waals surface area contributed by atoms with Gasteiger partial charge in [-0.05, 0) is 24.1 Å². The highest BCUT2D eigenvalue weighted by atomic mass is 19.1. The van der Waals surface area contributed by atoms with Gasteiger partial charge in [0.05, 0.1) is 12.6 Å². The number of aromatic nitrogens is 3. The van der Waals surface area contributed by atoms with Gasteiger partial charge in [-0.25, -0.2) is 4.79 Å². The number of carbonyl (C=O) groups is 7. The maximum Gasteiger partial charge on any atom is 0.336 e. The smallest absolute Gasteiger partial charge is 0.336 e. The van der Waals surface area contributed by atoms with Gasteiger partial charge in [0.15, 0.2) is 12.7 Å². The fourth-order valence-corrected chi connectivity index (χ4v) is 4.14. The molecule has 0 radical (unpaired) electrons. The average molecular weight is 564 g/mol. The van der Waals surface area contributed by atoms with E-state index in [1.807, 2.05) is 0 Å². The molecule has 0 saturated carbocycles. The molecule has 3 heterocycles. The zero-order chi connectivity index (χ0) is 29.1. The molecule has 216 valence electrons. The number of amides is 5. The third-order valence-electron chi connectivity index (χ3n) is 6.30. The van der Waals surface area contributed by atoms with E-state index in [2.05, 4.69) is 15.5 Å². The second kappa shape index (κ2) is 14.7. The molecule has 5 amide bonds. The number of aryl methyl sites for hydroxylation is 1. The summed E-state index contributed by atoms with van der Waals surface area (Å²) in [5.41, 5.74) is 0.644. The average Bonchev–Trinajstić information content (AvgIpc) is 3.60. The Kier molecular flexibility index (Phi) is 11.1. The lowest BCUT2D eigenvalue weighted by atomic mass is 9.95. The maximum atomic E-state index is 12.8. The molecule has 40 heavy (non-hydrogen) atoms. The zero-order valence-corrected chi connectivity index (χ0v) is 21.9. The summed E-state index contributed by atoms with van der Waals surface area (Å²) in [6.07, 6.45) is 5.07. The van der Waals surface area contributed by atoms with E-state index in [9.17, 15) is 38.0 Å². The quantitative estimate of drug-likeness (QED) is 0.191. The molecule has 0 aliphatic carbocycles. The topological polar surface area (TPSA) is 179 Å². The summed E-state index contributed by atoms with van der Waals surface area (Å²) in [7, 11) is 0. The molecule has 1 saturated heterocycles. The third kappa shape index (κ3) is 8.88. The molecule has 0 unspecified atom stereocenters. The van der Waals surface area contributed by atoms with Crippen molar-refractivity contribution in [2.75, 3.05) is 19.8 Å². The van der Waals surface area contributed by atoms with Crippen LogP contribution in [0.15, 0.2) is 18.3 Å². The highest BCUT2D eigenvalue weighted by molar-refractivity contribution is 6.13. The minimum atomic E-state index is -0.978. The van der Waals surface area contributed by atoms with E-state index in [1.165, 1.54) is 4.80 Å². The van der Waals surface area contributed by atoms with Crippen molar-refractivity contribution in [3.8, 4) is 0 Å². The molecule has 2 aliphatic heterocycles. The number of ketones is 1. The van der Waals surface area contributed by atoms with Gasteiger partial charge in [-0.2, -0.15) is 5.10 Å². The number of Topliss-reactive ketones (excluding diaryl/α,β-unsaturated/α-hetero) is 1. The lowest BCUT2D eigenvalue weighted by Gasteiger charge is -2.19. The summed E-state index contributed by atoms with van der Waals surface area (Å²) < 4.78 is 12.3. The molecule has 0 aromatic carbocycles. The molecule has 14 nitrogen and oxygen atoms in total. The fourth-order valence-electron chi connectivity index (χ4n) is 4.14. The SMILES string of the molecule is O=C(CCN1C(=O)C=CC1=O)C[C@@H](CCCCNC(=O)Cn1nc(CCCF)c[nH+]1)C(=O)ON1C(=O)CCC1=O. The molecular formula is C25H32FN6O8+. The largest absolute Gasteiger partial charge is 0.354 e. The Labute approximate surface area is 228 Å². The first-order valence-corrected chi connectivity index (χ1v) is 13.1. The van der Waals surface area contributed by atoms with Crippen molar-refractivity contribution in [3.05, 3.63) is 24.0 Å². The molecule has 2 N–H and O–H groups in total. The van der Waals surface area contributed by atoms with Crippen LogP contribution in [-0.4, -0.2) is 80.9 Å². The highest BCUT2D eigenvalue weighted by Crippen LogP contribution is 2.20. The number of aromatic amines is 1. The maximum absolute atomic E-state index is 12.8. The van der Waals surface area contributed by atoms with Crippen LogP contribution in [0.1, 0.15) is 57.1 Å². The molecule has 0 bridgehead atoms. The summed E-state index contributed by atoms with van der Waals surface area (Å²) in [5, 5.41) is 10.1. The molecule has 1 fully saturated rings. The van der Waals surface area contributed by atoms with Crippen LogP contribution in [0.2, 0.25) is 0 Å². The minimum absolute atomic E-state index is 0.0610. The molecule has 1 atom stereocenters. The van der Waals surface area contributed by atoms with Crippen LogP contribution in [0, 0.1) is 5.92 Å². The van der Waals surface area contributed by atoms with E-state index < -0.39 is 48.0 Å². The number of hydroxylamine groups is 2. The molecule has 2 aliphatic rings. The van der Waals surface area contributed by atoms with Crippen molar-refractivity contribution in [2.45, 2.75) is 64.3 Å². The molecule has 0 spiro atoms. The summed E-state index contributed by atoms with van der Waals surface area (Å²) in [6.45, 7) is -0.368. The Bertz CT molecular complexity index is 1150. The Balaban J connectivity index is 1.45. The van der Waals surface area contributed by atoms with Crippen LogP contribution in [0.4, 0.5) is 4.39 Å². The summed E-state index contributed by atoms with van der Waals surface area (Å²) >= 11 is 0. The number of hydrogen-bond acceptors (Lipinski definition) is 9. The summed E-state index contributed by atoms with van der Waals surface area (Å²) in [5.74, 6) is -4.93. The molecule has 1 aromatic rings. The van der Waals surface area contributed by atoms with E-state index in [4.69, 9.17) is 4.84 Å². The first-order valence-electron chi connectivity index (χ1n) is 13.1. The first-order chi connectivity index (χ1) is 19.2. The van der Waals surface area contributed by atoms with Gasteiger partial charge in [0.25, 0.3) is 23.6 Å². The Hall–Kier alpha value is -4.30. The predicted octanol–water partition coefficient (Wildman–Crippen LogP) is -0.616. The van der Waals surface area contributed by atoms with E-state index in [-0.39, 0.29) is 57.6 Å². The number of unbranched alkanes of at least 4 members (excludes halogenated alkanes) is 1. The van der Waals surface area contributed by atoms with Crippen LogP contribution in [0.5, 0.6) is 0 Å². The van der Waals surface area contributed by atoms with Crippen molar-refractivity contribution in [1.29, 1.82) is 0 Å². The number of H-pyrrole nitrogens is 1. The lowest BCUT2D eigenvalue weighted by molar-refractivity contribution is -0.495. The summed E-state index contributed by atoms with van der Waals surface area (Å²) in [6, 6.07) is 0. The van der Waals surface area contributed by atoms with E-state index >= 15 is 0 Å². The van der Waals surface area contributed by atoms with Gasteiger partial charge in [-0.15, -0.1) is 5.06 Å². The number of hydrogen-bond donors (Lipinski definition) is 1. The standard InChI is InChI=1S/C25H31FN6O8/c26-11-3-5-18-15-28-31(29-18)16-20(34)27-12-2-1-4-17(25(39)40-32-23(37)8-9-24(32)38)14-19(33)10-13-30-21(35)6-7-22(30)36/h6-7,15,17H,1-5,8-14,16H2,(H,27,34)/p+1/t17-/m1/s1. The number of halogens is 1. The zero-order valence-electron chi connectivity index (χ0n) is 21.9. The van der Waals surface area contributed by atoms with Gasteiger partial charge >= 0.3 is 5.97 Å². The lowest BCUT2D eigenvalue weighted by Crippen LogP contribution is -2.36. The van der Waals surface area contributed by atoms with Crippen LogP contribution in [-0.2, 0) is 51.4 Å². The number of carbonyl (C=O) groups excluding carboxylic acids is 7. The van der Waals surface area contributed by atoms with Crippen molar-refractivity contribution < 1.29 is 47.9 Å². The van der Waals surface area contributed by atoms with Crippen molar-refractivity contribution in [2.24, 2.45) is 5.92 Å². The Morgan fingerprint density at radius 1 is 1.05 bits per heavy atom. The Morgan fingerprint density at radius 3 is 2.42 bits per heavy atom. The Morgan fingerprint density at radius 2 is 1.75 bits per heavy atom. The van der Waals surface area contributed by atoms with Gasteiger partial charge in [-0.3, -0.25) is 38.1 Å². The second-order valence-corrected chi connectivity index (χ2v) is 9.40.